The highest BCUT2D eigenvalue weighted by atomic mass is 35.5. The SMILES string of the molecule is Cn1c(Cc2cccc(F)c2)cnc1Cl. The van der Waals surface area contributed by atoms with Gasteiger partial charge in [-0.1, -0.05) is 12.1 Å². The lowest BCUT2D eigenvalue weighted by atomic mass is 10.1. The van der Waals surface area contributed by atoms with Gasteiger partial charge >= 0.3 is 0 Å². The van der Waals surface area contributed by atoms with Crippen molar-refractivity contribution < 1.29 is 4.39 Å². The van der Waals surface area contributed by atoms with Crippen molar-refractivity contribution in [3.05, 3.63) is 52.8 Å². The van der Waals surface area contributed by atoms with Gasteiger partial charge in [-0.15, -0.1) is 0 Å². The molecule has 0 saturated carbocycles. The number of hydrogen-bond donors (Lipinski definition) is 0. The van der Waals surface area contributed by atoms with Gasteiger partial charge in [0.05, 0.1) is 6.20 Å². The van der Waals surface area contributed by atoms with Crippen LogP contribution in [0, 0.1) is 5.82 Å². The first-order valence-corrected chi connectivity index (χ1v) is 4.95. The maximum absolute atomic E-state index is 12.9. The van der Waals surface area contributed by atoms with Crippen LogP contribution in [0.25, 0.3) is 0 Å². The molecule has 2 rings (SSSR count). The normalized spacial score (nSPS) is 10.6. The van der Waals surface area contributed by atoms with E-state index in [-0.39, 0.29) is 5.82 Å². The van der Waals surface area contributed by atoms with Crippen molar-refractivity contribution in [2.75, 3.05) is 0 Å². The van der Waals surface area contributed by atoms with E-state index in [0.717, 1.165) is 11.3 Å². The van der Waals surface area contributed by atoms with Crippen LogP contribution in [-0.4, -0.2) is 9.55 Å². The fraction of sp³-hybridized carbons (Fsp3) is 0.182. The molecule has 0 aliphatic heterocycles. The summed E-state index contributed by atoms with van der Waals surface area (Å²) < 4.78 is 14.7. The number of halogens is 2. The molecule has 1 aromatic carbocycles. The van der Waals surface area contributed by atoms with E-state index in [0.29, 0.717) is 11.7 Å². The van der Waals surface area contributed by atoms with Gasteiger partial charge in [0, 0.05) is 19.2 Å². The van der Waals surface area contributed by atoms with E-state index in [2.05, 4.69) is 4.98 Å². The van der Waals surface area contributed by atoms with Gasteiger partial charge in [0.15, 0.2) is 0 Å². The predicted molar refractivity (Wildman–Crippen MR) is 57.4 cm³/mol. The van der Waals surface area contributed by atoms with Crippen LogP contribution in [0.15, 0.2) is 30.5 Å². The van der Waals surface area contributed by atoms with E-state index in [1.165, 1.54) is 12.1 Å². The summed E-state index contributed by atoms with van der Waals surface area (Å²) in [4.78, 5) is 3.97. The average molecular weight is 225 g/mol. The Hall–Kier alpha value is -1.35. The van der Waals surface area contributed by atoms with Gasteiger partial charge in [-0.05, 0) is 29.3 Å². The Morgan fingerprint density at radius 3 is 2.87 bits per heavy atom. The van der Waals surface area contributed by atoms with Crippen molar-refractivity contribution in [3.63, 3.8) is 0 Å². The van der Waals surface area contributed by atoms with Gasteiger partial charge < -0.3 is 4.57 Å². The lowest BCUT2D eigenvalue weighted by molar-refractivity contribution is 0.625. The third-order valence-electron chi connectivity index (χ3n) is 2.30. The highest BCUT2D eigenvalue weighted by Crippen LogP contribution is 2.13. The van der Waals surface area contributed by atoms with Crippen molar-refractivity contribution in [2.45, 2.75) is 6.42 Å². The molecule has 0 fully saturated rings. The molecule has 0 aliphatic rings. The van der Waals surface area contributed by atoms with Crippen molar-refractivity contribution in [1.29, 1.82) is 0 Å². The first-order chi connectivity index (χ1) is 7.16. The molecule has 0 aliphatic carbocycles. The summed E-state index contributed by atoms with van der Waals surface area (Å²) in [6, 6.07) is 6.52. The van der Waals surface area contributed by atoms with E-state index in [1.807, 2.05) is 13.1 Å². The Morgan fingerprint density at radius 1 is 1.47 bits per heavy atom. The molecule has 0 saturated heterocycles. The van der Waals surface area contributed by atoms with E-state index >= 15 is 0 Å². The molecule has 0 amide bonds. The molecule has 1 heterocycles. The second kappa shape index (κ2) is 4.03. The zero-order chi connectivity index (χ0) is 10.8. The Labute approximate surface area is 92.3 Å². The minimum Gasteiger partial charge on any atom is -0.322 e. The number of aromatic nitrogens is 2. The van der Waals surface area contributed by atoms with Crippen LogP contribution in [0.5, 0.6) is 0 Å². The fourth-order valence-electron chi connectivity index (χ4n) is 1.44. The molecule has 0 atom stereocenters. The van der Waals surface area contributed by atoms with E-state index in [1.54, 1.807) is 16.8 Å². The fourth-order valence-corrected chi connectivity index (χ4v) is 1.60. The minimum atomic E-state index is -0.222. The highest BCUT2D eigenvalue weighted by Gasteiger charge is 2.05. The van der Waals surface area contributed by atoms with Crippen LogP contribution >= 0.6 is 11.6 Å². The summed E-state index contributed by atoms with van der Waals surface area (Å²) in [5, 5.41) is 0.446. The molecule has 0 spiro atoms. The zero-order valence-electron chi connectivity index (χ0n) is 8.24. The van der Waals surface area contributed by atoms with Gasteiger partial charge in [-0.2, -0.15) is 0 Å². The minimum absolute atomic E-state index is 0.222. The Morgan fingerprint density at radius 2 is 2.27 bits per heavy atom. The first kappa shape index (κ1) is 10.2. The third kappa shape index (κ3) is 2.18. The molecule has 0 bridgehead atoms. The number of benzene rings is 1. The quantitative estimate of drug-likeness (QED) is 0.767. The smallest absolute Gasteiger partial charge is 0.202 e. The number of rotatable bonds is 2. The van der Waals surface area contributed by atoms with Gasteiger partial charge in [0.1, 0.15) is 5.82 Å². The zero-order valence-corrected chi connectivity index (χ0v) is 9.00. The maximum Gasteiger partial charge on any atom is 0.202 e. The van der Waals surface area contributed by atoms with E-state index in [9.17, 15) is 4.39 Å². The van der Waals surface area contributed by atoms with Crippen LogP contribution in [0.3, 0.4) is 0 Å². The topological polar surface area (TPSA) is 17.8 Å². The molecule has 2 nitrogen and oxygen atoms in total. The Balaban J connectivity index is 2.26. The van der Waals surface area contributed by atoms with Gasteiger partial charge in [0.25, 0.3) is 0 Å². The highest BCUT2D eigenvalue weighted by molar-refractivity contribution is 6.28. The molecule has 0 radical (unpaired) electrons. The average Bonchev–Trinajstić information content (AvgIpc) is 2.50. The first-order valence-electron chi connectivity index (χ1n) is 4.57. The summed E-state index contributed by atoms with van der Waals surface area (Å²) in [6.07, 6.45) is 2.33. The summed E-state index contributed by atoms with van der Waals surface area (Å²) in [7, 11) is 1.84. The van der Waals surface area contributed by atoms with Gasteiger partial charge in [-0.3, -0.25) is 0 Å². The summed E-state index contributed by atoms with van der Waals surface area (Å²) in [6.45, 7) is 0. The summed E-state index contributed by atoms with van der Waals surface area (Å²) in [5.41, 5.74) is 1.88. The Bertz CT molecular complexity index is 479. The van der Waals surface area contributed by atoms with Crippen molar-refractivity contribution in [1.82, 2.24) is 9.55 Å². The molecular formula is C11H10ClFN2. The van der Waals surface area contributed by atoms with Gasteiger partial charge in [-0.25, -0.2) is 9.37 Å². The molecule has 15 heavy (non-hydrogen) atoms. The number of nitrogens with zero attached hydrogens (tertiary/aromatic N) is 2. The maximum atomic E-state index is 12.9. The van der Waals surface area contributed by atoms with E-state index in [4.69, 9.17) is 11.6 Å². The molecule has 4 heteroatoms. The van der Waals surface area contributed by atoms with Crippen LogP contribution in [0.1, 0.15) is 11.3 Å². The standard InChI is InChI=1S/C11H10ClFN2/c1-15-10(7-14-11(15)12)6-8-3-2-4-9(13)5-8/h2-5,7H,6H2,1H3. The predicted octanol–water partition coefficient (Wildman–Crippen LogP) is 2.80. The monoisotopic (exact) mass is 224 g/mol. The van der Waals surface area contributed by atoms with Crippen LogP contribution < -0.4 is 0 Å². The van der Waals surface area contributed by atoms with Gasteiger partial charge in [0.2, 0.25) is 5.28 Å². The van der Waals surface area contributed by atoms with Crippen LogP contribution in [0.2, 0.25) is 5.28 Å². The van der Waals surface area contributed by atoms with Crippen molar-refractivity contribution in [3.8, 4) is 0 Å². The number of hydrogen-bond acceptors (Lipinski definition) is 1. The lowest BCUT2D eigenvalue weighted by Gasteiger charge is -2.03. The van der Waals surface area contributed by atoms with Crippen molar-refractivity contribution >= 4 is 11.6 Å². The molecular weight excluding hydrogens is 215 g/mol. The molecule has 2 aromatic rings. The summed E-state index contributed by atoms with van der Waals surface area (Å²) >= 11 is 5.80. The Kier molecular flexibility index (Phi) is 2.73. The lowest BCUT2D eigenvalue weighted by Crippen LogP contribution is -1.97. The second-order valence-electron chi connectivity index (χ2n) is 3.38. The second-order valence-corrected chi connectivity index (χ2v) is 3.72. The van der Waals surface area contributed by atoms with Crippen molar-refractivity contribution in [2.24, 2.45) is 7.05 Å². The largest absolute Gasteiger partial charge is 0.322 e. The molecule has 0 N–H and O–H groups in total. The summed E-state index contributed by atoms with van der Waals surface area (Å²) in [5.74, 6) is -0.222. The number of imidazole rings is 1. The molecule has 0 unspecified atom stereocenters. The molecule has 1 aromatic heterocycles. The third-order valence-corrected chi connectivity index (χ3v) is 2.65. The van der Waals surface area contributed by atoms with Crippen LogP contribution in [-0.2, 0) is 13.5 Å². The van der Waals surface area contributed by atoms with E-state index < -0.39 is 0 Å². The molecule has 78 valence electrons. The van der Waals surface area contributed by atoms with Crippen LogP contribution in [0.4, 0.5) is 4.39 Å².